The fourth-order valence-corrected chi connectivity index (χ4v) is 4.08. The van der Waals surface area contributed by atoms with Gasteiger partial charge in [-0.3, -0.25) is 14.5 Å². The van der Waals surface area contributed by atoms with E-state index in [-0.39, 0.29) is 12.1 Å². The van der Waals surface area contributed by atoms with Crippen molar-refractivity contribution >= 4 is 28.5 Å². The van der Waals surface area contributed by atoms with Crippen LogP contribution < -0.4 is 15.0 Å². The number of aromatic nitrogens is 3. The van der Waals surface area contributed by atoms with E-state index in [4.69, 9.17) is 4.74 Å². The monoisotopic (exact) mass is 503 g/mol. The summed E-state index contributed by atoms with van der Waals surface area (Å²) in [5, 5.41) is 11.2. The predicted octanol–water partition coefficient (Wildman–Crippen LogP) is 4.66. The molecule has 0 radical (unpaired) electrons. The molecule has 0 saturated carbocycles. The number of benzene rings is 3. The van der Waals surface area contributed by atoms with E-state index in [1.54, 1.807) is 42.5 Å². The fraction of sp³-hybridized carbons (Fsp3) is 0.286. The number of ether oxygens (including phenoxy) is 1. The second kappa shape index (κ2) is 10.8. The van der Waals surface area contributed by atoms with Gasteiger partial charge < -0.3 is 10.1 Å². The van der Waals surface area contributed by atoms with Crippen molar-refractivity contribution in [2.45, 2.75) is 45.8 Å². The molecule has 4 rings (SSSR count). The number of nitrogens with one attached hydrogen (secondary N) is 1. The Hall–Kier alpha value is -4.27. The molecule has 1 unspecified atom stereocenters. The highest BCUT2D eigenvalue weighted by Gasteiger charge is 2.36. The zero-order valence-electron chi connectivity index (χ0n) is 21.3. The summed E-state index contributed by atoms with van der Waals surface area (Å²) in [7, 11) is 0. The smallest absolute Gasteiger partial charge is 0.249 e. The van der Waals surface area contributed by atoms with Crippen LogP contribution in [0.2, 0.25) is 0 Å². The van der Waals surface area contributed by atoms with Gasteiger partial charge in [0, 0.05) is 16.8 Å². The third-order valence-electron chi connectivity index (χ3n) is 5.60. The fourth-order valence-electron chi connectivity index (χ4n) is 4.08. The lowest BCUT2D eigenvalue weighted by atomic mass is 10.00. The lowest BCUT2D eigenvalue weighted by Crippen LogP contribution is -2.50. The summed E-state index contributed by atoms with van der Waals surface area (Å²) >= 11 is 0. The van der Waals surface area contributed by atoms with Gasteiger partial charge in [-0.1, -0.05) is 35.5 Å². The van der Waals surface area contributed by atoms with E-state index in [0.29, 0.717) is 29.1 Å². The molecule has 1 N–H and O–H groups in total. The molecule has 0 aliphatic rings. The minimum atomic E-state index is -1.28. The van der Waals surface area contributed by atoms with E-state index < -0.39 is 29.2 Å². The second-order valence-electron chi connectivity index (χ2n) is 9.59. The van der Waals surface area contributed by atoms with Gasteiger partial charge in [-0.25, -0.2) is 9.07 Å². The van der Waals surface area contributed by atoms with Crippen LogP contribution in [0.3, 0.4) is 0 Å². The lowest BCUT2D eigenvalue weighted by molar-refractivity contribution is -0.128. The number of halogens is 1. The second-order valence-corrected chi connectivity index (χ2v) is 9.59. The third kappa shape index (κ3) is 5.94. The zero-order valence-corrected chi connectivity index (χ0v) is 21.3. The molecule has 1 atom stereocenters. The first kappa shape index (κ1) is 25.8. The van der Waals surface area contributed by atoms with Gasteiger partial charge in [0.05, 0.1) is 12.1 Å². The molecule has 0 aliphatic heterocycles. The molecule has 8 nitrogen and oxygen atoms in total. The molecule has 37 heavy (non-hydrogen) atoms. The molecule has 2 amide bonds. The van der Waals surface area contributed by atoms with Gasteiger partial charge in [-0.2, -0.15) is 0 Å². The quantitative estimate of drug-likeness (QED) is 0.378. The largest absolute Gasteiger partial charge is 0.494 e. The Balaban J connectivity index is 1.83. The average Bonchev–Trinajstić information content (AvgIpc) is 3.25. The Labute approximate surface area is 215 Å². The number of para-hydroxylation sites is 1. The van der Waals surface area contributed by atoms with Gasteiger partial charge in [0.1, 0.15) is 29.7 Å². The van der Waals surface area contributed by atoms with Crippen LogP contribution in [0.1, 0.15) is 39.3 Å². The van der Waals surface area contributed by atoms with Gasteiger partial charge in [0.15, 0.2) is 0 Å². The number of amides is 2. The van der Waals surface area contributed by atoms with Crippen LogP contribution in [0, 0.1) is 5.82 Å². The highest BCUT2D eigenvalue weighted by atomic mass is 19.1. The molecule has 9 heteroatoms. The van der Waals surface area contributed by atoms with Crippen molar-refractivity contribution in [2.24, 2.45) is 0 Å². The molecule has 1 aromatic heterocycles. The molecule has 3 aromatic carbocycles. The summed E-state index contributed by atoms with van der Waals surface area (Å²) in [5.41, 5.74) is 1.18. The van der Waals surface area contributed by atoms with Gasteiger partial charge in [0.2, 0.25) is 11.8 Å². The van der Waals surface area contributed by atoms with Crippen LogP contribution in [0.4, 0.5) is 10.1 Å². The molecule has 0 saturated heterocycles. The summed E-state index contributed by atoms with van der Waals surface area (Å²) < 4.78 is 22.2. The van der Waals surface area contributed by atoms with E-state index in [2.05, 4.69) is 15.6 Å². The highest BCUT2D eigenvalue weighted by Crippen LogP contribution is 2.32. The Morgan fingerprint density at radius 3 is 2.38 bits per heavy atom. The first-order chi connectivity index (χ1) is 17.7. The van der Waals surface area contributed by atoms with Crippen molar-refractivity contribution < 1.29 is 18.7 Å². The standard InChI is InChI=1S/C28H30FN5O3/c1-5-37-20-16-14-19(15-17-20)34(25(35)18-33-24-13-9-8-12-23(24)31-32-33)26(27(36)30-28(2,3)4)21-10-6-7-11-22(21)29/h6-17,26H,5,18H2,1-4H3,(H,30,36). The van der Waals surface area contributed by atoms with Crippen LogP contribution in [-0.2, 0) is 16.1 Å². The third-order valence-corrected chi connectivity index (χ3v) is 5.60. The Morgan fingerprint density at radius 2 is 1.70 bits per heavy atom. The first-order valence-corrected chi connectivity index (χ1v) is 12.1. The number of carbonyl (C=O) groups excluding carboxylic acids is 2. The van der Waals surface area contributed by atoms with E-state index in [0.717, 1.165) is 0 Å². The Morgan fingerprint density at radius 1 is 1.03 bits per heavy atom. The number of rotatable bonds is 8. The van der Waals surface area contributed by atoms with Crippen LogP contribution in [0.15, 0.2) is 72.8 Å². The molecule has 192 valence electrons. The molecule has 0 aliphatic carbocycles. The molecular weight excluding hydrogens is 473 g/mol. The van der Waals surface area contributed by atoms with Crippen molar-refractivity contribution in [1.29, 1.82) is 0 Å². The number of carbonyl (C=O) groups is 2. The van der Waals surface area contributed by atoms with Crippen molar-refractivity contribution in [1.82, 2.24) is 20.3 Å². The zero-order chi connectivity index (χ0) is 26.6. The minimum Gasteiger partial charge on any atom is -0.494 e. The van der Waals surface area contributed by atoms with E-state index in [1.165, 1.54) is 21.7 Å². The van der Waals surface area contributed by atoms with E-state index >= 15 is 4.39 Å². The van der Waals surface area contributed by atoms with Crippen molar-refractivity contribution in [2.75, 3.05) is 11.5 Å². The van der Waals surface area contributed by atoms with Crippen LogP contribution in [0.25, 0.3) is 11.0 Å². The summed E-state index contributed by atoms with van der Waals surface area (Å²) in [6.07, 6.45) is 0. The molecule has 4 aromatic rings. The summed E-state index contributed by atoms with van der Waals surface area (Å²) in [6.45, 7) is 7.63. The number of fused-ring (bicyclic) bond motifs is 1. The Kier molecular flexibility index (Phi) is 7.52. The van der Waals surface area contributed by atoms with Gasteiger partial charge in [0.25, 0.3) is 0 Å². The maximum atomic E-state index is 15.2. The van der Waals surface area contributed by atoms with E-state index in [1.807, 2.05) is 45.9 Å². The van der Waals surface area contributed by atoms with Crippen LogP contribution in [-0.4, -0.2) is 39.0 Å². The molecule has 0 fully saturated rings. The van der Waals surface area contributed by atoms with Gasteiger partial charge in [-0.15, -0.1) is 5.10 Å². The topological polar surface area (TPSA) is 89.3 Å². The molecule has 0 bridgehead atoms. The normalized spacial score (nSPS) is 12.2. The molecule has 1 heterocycles. The van der Waals surface area contributed by atoms with Crippen molar-refractivity contribution in [3.63, 3.8) is 0 Å². The van der Waals surface area contributed by atoms with Crippen molar-refractivity contribution in [3.8, 4) is 5.75 Å². The SMILES string of the molecule is CCOc1ccc(N(C(=O)Cn2nnc3ccccc32)C(C(=O)NC(C)(C)C)c2ccccc2F)cc1. The minimum absolute atomic E-state index is 0.0786. The number of anilines is 1. The summed E-state index contributed by atoms with van der Waals surface area (Å²) in [4.78, 5) is 29.0. The van der Waals surface area contributed by atoms with Crippen molar-refractivity contribution in [3.05, 3.63) is 84.2 Å². The van der Waals surface area contributed by atoms with Crippen LogP contribution >= 0.6 is 0 Å². The predicted molar refractivity (Wildman–Crippen MR) is 140 cm³/mol. The molecular formula is C28H30FN5O3. The first-order valence-electron chi connectivity index (χ1n) is 12.1. The number of hydrogen-bond acceptors (Lipinski definition) is 5. The van der Waals surface area contributed by atoms with Crippen LogP contribution in [0.5, 0.6) is 5.75 Å². The van der Waals surface area contributed by atoms with Gasteiger partial charge >= 0.3 is 0 Å². The lowest BCUT2D eigenvalue weighted by Gasteiger charge is -2.34. The molecule has 0 spiro atoms. The maximum absolute atomic E-state index is 15.2. The van der Waals surface area contributed by atoms with Gasteiger partial charge in [-0.05, 0) is 70.2 Å². The highest BCUT2D eigenvalue weighted by molar-refractivity contribution is 6.01. The number of hydrogen-bond donors (Lipinski definition) is 1. The summed E-state index contributed by atoms with van der Waals surface area (Å²) in [6, 6.07) is 18.8. The summed E-state index contributed by atoms with van der Waals surface area (Å²) in [5.74, 6) is -0.950. The Bertz CT molecular complexity index is 1390. The van der Waals surface area contributed by atoms with E-state index in [9.17, 15) is 9.59 Å². The average molecular weight is 504 g/mol. The number of nitrogens with zero attached hydrogens (tertiary/aromatic N) is 4. The maximum Gasteiger partial charge on any atom is 0.249 e.